The molecule has 0 unspecified atom stereocenters. The second-order valence-corrected chi connectivity index (χ2v) is 4.50. The lowest BCUT2D eigenvalue weighted by atomic mass is 10.2. The largest absolute Gasteiger partial charge is 0.471 e. The molecular weight excluding hydrogens is 254 g/mol. The zero-order valence-corrected chi connectivity index (χ0v) is 11.4. The van der Waals surface area contributed by atoms with Crippen LogP contribution < -0.4 is 4.74 Å². The third-order valence-electron chi connectivity index (χ3n) is 2.97. The minimum absolute atomic E-state index is 0.475. The van der Waals surface area contributed by atoms with E-state index in [-0.39, 0.29) is 0 Å². The molecule has 0 aliphatic carbocycles. The van der Waals surface area contributed by atoms with Crippen LogP contribution in [0.2, 0.25) is 0 Å². The van der Waals surface area contributed by atoms with Gasteiger partial charge < -0.3 is 4.74 Å². The number of ether oxygens (including phenoxy) is 1. The van der Waals surface area contributed by atoms with Crippen molar-refractivity contribution in [2.75, 3.05) is 0 Å². The molecular formula is C14H15N5O. The molecule has 0 saturated carbocycles. The summed E-state index contributed by atoms with van der Waals surface area (Å²) in [4.78, 5) is 4.23. The van der Waals surface area contributed by atoms with Crippen molar-refractivity contribution in [3.63, 3.8) is 0 Å². The average molecular weight is 269 g/mol. The summed E-state index contributed by atoms with van der Waals surface area (Å²) in [6.45, 7) is 0.475. The average Bonchev–Trinajstić information content (AvgIpc) is 3.03. The minimum Gasteiger partial charge on any atom is -0.471 e. The molecule has 0 aliphatic rings. The van der Waals surface area contributed by atoms with Crippen LogP contribution in [0.4, 0.5) is 0 Å². The lowest BCUT2D eigenvalue weighted by Gasteiger charge is -2.05. The van der Waals surface area contributed by atoms with Gasteiger partial charge in [-0.3, -0.25) is 4.68 Å². The fraction of sp³-hybridized carbons (Fsp3) is 0.214. The predicted molar refractivity (Wildman–Crippen MR) is 74.0 cm³/mol. The Morgan fingerprint density at radius 1 is 1.15 bits per heavy atom. The van der Waals surface area contributed by atoms with Crippen LogP contribution in [0, 0.1) is 0 Å². The van der Waals surface area contributed by atoms with Crippen LogP contribution >= 0.6 is 0 Å². The molecule has 3 aromatic rings. The Morgan fingerprint density at radius 2 is 1.95 bits per heavy atom. The first-order valence-electron chi connectivity index (χ1n) is 6.29. The zero-order chi connectivity index (χ0) is 13.9. The molecule has 0 atom stereocenters. The number of nitrogens with zero attached hydrogens (tertiary/aromatic N) is 5. The van der Waals surface area contributed by atoms with Gasteiger partial charge in [0.05, 0.1) is 0 Å². The van der Waals surface area contributed by atoms with Gasteiger partial charge in [0.25, 0.3) is 0 Å². The van der Waals surface area contributed by atoms with Crippen molar-refractivity contribution in [1.29, 1.82) is 0 Å². The summed E-state index contributed by atoms with van der Waals surface area (Å²) in [5.74, 6) is 1.30. The molecule has 0 N–H and O–H groups in total. The van der Waals surface area contributed by atoms with E-state index in [9.17, 15) is 0 Å². The highest BCUT2D eigenvalue weighted by molar-refractivity contribution is 5.60. The van der Waals surface area contributed by atoms with E-state index in [0.29, 0.717) is 12.5 Å². The first-order valence-corrected chi connectivity index (χ1v) is 6.29. The number of hydrogen-bond donors (Lipinski definition) is 0. The summed E-state index contributed by atoms with van der Waals surface area (Å²) in [7, 11) is 3.70. The minimum atomic E-state index is 0.475. The van der Waals surface area contributed by atoms with E-state index in [0.717, 1.165) is 17.0 Å². The summed E-state index contributed by atoms with van der Waals surface area (Å²) in [6, 6.07) is 9.99. The summed E-state index contributed by atoms with van der Waals surface area (Å²) in [5.41, 5.74) is 1.94. The second-order valence-electron chi connectivity index (χ2n) is 4.50. The Kier molecular flexibility index (Phi) is 3.20. The van der Waals surface area contributed by atoms with Gasteiger partial charge >= 0.3 is 0 Å². The number of benzene rings is 1. The SMILES string of the molecule is Cn1cc(-c2ncnn2C)c(OCc2ccccc2)n1. The predicted octanol–water partition coefficient (Wildman–Crippen LogP) is 1.79. The van der Waals surface area contributed by atoms with Crippen LogP contribution in [0.5, 0.6) is 5.88 Å². The normalized spacial score (nSPS) is 10.7. The Morgan fingerprint density at radius 3 is 2.65 bits per heavy atom. The van der Waals surface area contributed by atoms with Gasteiger partial charge in [-0.2, -0.15) is 5.10 Å². The Labute approximate surface area is 116 Å². The van der Waals surface area contributed by atoms with E-state index in [2.05, 4.69) is 15.2 Å². The molecule has 0 aliphatic heterocycles. The summed E-state index contributed by atoms with van der Waals surface area (Å²) in [6.07, 6.45) is 3.40. The summed E-state index contributed by atoms with van der Waals surface area (Å²) in [5, 5.41) is 8.41. The standard InChI is InChI=1S/C14H15N5O/c1-18-8-12(13-15-10-16-19(13)2)14(17-18)20-9-11-6-4-3-5-7-11/h3-8,10H,9H2,1-2H3. The van der Waals surface area contributed by atoms with Crippen LogP contribution in [0.1, 0.15) is 5.56 Å². The smallest absolute Gasteiger partial charge is 0.244 e. The lowest BCUT2D eigenvalue weighted by Crippen LogP contribution is -1.99. The summed E-state index contributed by atoms with van der Waals surface area (Å²) < 4.78 is 9.22. The highest BCUT2D eigenvalue weighted by Gasteiger charge is 2.15. The zero-order valence-electron chi connectivity index (χ0n) is 11.4. The first kappa shape index (κ1) is 12.4. The maximum Gasteiger partial charge on any atom is 0.244 e. The maximum absolute atomic E-state index is 5.81. The van der Waals surface area contributed by atoms with E-state index >= 15 is 0 Å². The topological polar surface area (TPSA) is 57.8 Å². The lowest BCUT2D eigenvalue weighted by molar-refractivity contribution is 0.291. The fourth-order valence-electron chi connectivity index (χ4n) is 1.99. The molecule has 0 bridgehead atoms. The molecule has 0 amide bonds. The molecule has 2 aromatic heterocycles. The monoisotopic (exact) mass is 269 g/mol. The Bertz CT molecular complexity index is 701. The van der Waals surface area contributed by atoms with Gasteiger partial charge in [-0.25, -0.2) is 9.67 Å². The highest BCUT2D eigenvalue weighted by atomic mass is 16.5. The van der Waals surface area contributed by atoms with Crippen molar-refractivity contribution in [2.24, 2.45) is 14.1 Å². The van der Waals surface area contributed by atoms with Gasteiger partial charge in [0.15, 0.2) is 5.82 Å². The van der Waals surface area contributed by atoms with Crippen LogP contribution in [0.15, 0.2) is 42.9 Å². The third kappa shape index (κ3) is 2.40. The van der Waals surface area contributed by atoms with Crippen molar-refractivity contribution in [1.82, 2.24) is 24.5 Å². The van der Waals surface area contributed by atoms with Gasteiger partial charge in [0.2, 0.25) is 5.88 Å². The number of rotatable bonds is 4. The molecule has 0 spiro atoms. The molecule has 20 heavy (non-hydrogen) atoms. The van der Waals surface area contributed by atoms with Gasteiger partial charge in [0, 0.05) is 20.3 Å². The Hall–Kier alpha value is -2.63. The van der Waals surface area contributed by atoms with Gasteiger partial charge in [0.1, 0.15) is 18.5 Å². The van der Waals surface area contributed by atoms with Crippen molar-refractivity contribution in [2.45, 2.75) is 6.61 Å². The van der Waals surface area contributed by atoms with E-state index in [1.165, 1.54) is 6.33 Å². The quantitative estimate of drug-likeness (QED) is 0.724. The molecule has 6 heteroatoms. The highest BCUT2D eigenvalue weighted by Crippen LogP contribution is 2.26. The van der Waals surface area contributed by atoms with Crippen molar-refractivity contribution < 1.29 is 4.74 Å². The van der Waals surface area contributed by atoms with E-state index in [1.54, 1.807) is 9.36 Å². The molecule has 2 heterocycles. The fourth-order valence-corrected chi connectivity index (χ4v) is 1.99. The van der Waals surface area contributed by atoms with Crippen LogP contribution in [-0.4, -0.2) is 24.5 Å². The van der Waals surface area contributed by atoms with E-state index in [4.69, 9.17) is 4.74 Å². The number of aromatic nitrogens is 5. The van der Waals surface area contributed by atoms with E-state index in [1.807, 2.05) is 50.6 Å². The van der Waals surface area contributed by atoms with E-state index < -0.39 is 0 Å². The maximum atomic E-state index is 5.81. The molecule has 6 nitrogen and oxygen atoms in total. The first-order chi connectivity index (χ1) is 9.74. The molecule has 102 valence electrons. The molecule has 0 saturated heterocycles. The number of aryl methyl sites for hydroxylation is 2. The molecule has 0 fully saturated rings. The van der Waals surface area contributed by atoms with Crippen LogP contribution in [-0.2, 0) is 20.7 Å². The van der Waals surface area contributed by atoms with Crippen LogP contribution in [0.25, 0.3) is 11.4 Å². The Balaban J connectivity index is 1.85. The van der Waals surface area contributed by atoms with Gasteiger partial charge in [-0.05, 0) is 5.56 Å². The van der Waals surface area contributed by atoms with Crippen molar-refractivity contribution in [3.05, 3.63) is 48.4 Å². The second kappa shape index (κ2) is 5.16. The molecule has 1 aromatic carbocycles. The third-order valence-corrected chi connectivity index (χ3v) is 2.97. The molecule has 0 radical (unpaired) electrons. The van der Waals surface area contributed by atoms with Crippen LogP contribution in [0.3, 0.4) is 0 Å². The van der Waals surface area contributed by atoms with Gasteiger partial charge in [-0.15, -0.1) is 5.10 Å². The van der Waals surface area contributed by atoms with Gasteiger partial charge in [-0.1, -0.05) is 30.3 Å². The number of hydrogen-bond acceptors (Lipinski definition) is 4. The van der Waals surface area contributed by atoms with Crippen molar-refractivity contribution in [3.8, 4) is 17.3 Å². The molecule has 3 rings (SSSR count). The van der Waals surface area contributed by atoms with Crippen molar-refractivity contribution >= 4 is 0 Å². The summed E-state index contributed by atoms with van der Waals surface area (Å²) >= 11 is 0.